The van der Waals surface area contributed by atoms with Gasteiger partial charge < -0.3 is 5.32 Å². The minimum Gasteiger partial charge on any atom is -0.348 e. The van der Waals surface area contributed by atoms with Gasteiger partial charge in [0.25, 0.3) is 0 Å². The molecule has 1 aliphatic rings. The van der Waals surface area contributed by atoms with Gasteiger partial charge in [-0.15, -0.1) is 0 Å². The smallest absolute Gasteiger partial charge is 0.234 e. The molecule has 2 aromatic carbocycles. The topological polar surface area (TPSA) is 32.3 Å². The molecule has 3 nitrogen and oxygen atoms in total. The number of fused-ring (bicyclic) bond motifs is 1. The third-order valence-electron chi connectivity index (χ3n) is 5.06. The van der Waals surface area contributed by atoms with Crippen molar-refractivity contribution in [2.75, 3.05) is 13.6 Å². The Morgan fingerprint density at radius 2 is 1.87 bits per heavy atom. The van der Waals surface area contributed by atoms with Gasteiger partial charge in [-0.1, -0.05) is 42.5 Å². The van der Waals surface area contributed by atoms with Crippen LogP contribution < -0.4 is 5.32 Å². The van der Waals surface area contributed by atoms with Gasteiger partial charge in [-0.2, -0.15) is 0 Å². The molecule has 2 atom stereocenters. The highest BCUT2D eigenvalue weighted by Crippen LogP contribution is 2.34. The Morgan fingerprint density at radius 1 is 1.17 bits per heavy atom. The number of amides is 1. The van der Waals surface area contributed by atoms with Gasteiger partial charge in [-0.3, -0.25) is 9.69 Å². The summed E-state index contributed by atoms with van der Waals surface area (Å²) >= 11 is 0. The van der Waals surface area contributed by atoms with E-state index < -0.39 is 0 Å². The van der Waals surface area contributed by atoms with Crippen LogP contribution >= 0.6 is 0 Å². The molecule has 3 rings (SSSR count). The van der Waals surface area contributed by atoms with Gasteiger partial charge in [-0.05, 0) is 56.0 Å². The number of nitrogens with zero attached hydrogens (tertiary/aromatic N) is 1. The van der Waals surface area contributed by atoms with Crippen molar-refractivity contribution in [2.45, 2.75) is 38.8 Å². The van der Waals surface area contributed by atoms with E-state index in [-0.39, 0.29) is 11.9 Å². The number of likely N-dealkylation sites (N-methyl/N-ethyl adjacent to an activating group) is 1. The molecule has 0 aliphatic heterocycles. The first-order valence-corrected chi connectivity index (χ1v) is 8.53. The highest BCUT2D eigenvalue weighted by atomic mass is 16.2. The first-order chi connectivity index (χ1) is 11.1. The SMILES string of the molecule is CC(NC(=O)CN(C)C(C)C1CC1)c1cccc2ccccc12. The Balaban J connectivity index is 1.65. The number of benzene rings is 2. The van der Waals surface area contributed by atoms with Crippen LogP contribution in [0.2, 0.25) is 0 Å². The maximum absolute atomic E-state index is 12.4. The molecule has 122 valence electrons. The number of hydrogen-bond donors (Lipinski definition) is 1. The Hall–Kier alpha value is -1.87. The van der Waals surface area contributed by atoms with Crippen LogP contribution in [0.3, 0.4) is 0 Å². The van der Waals surface area contributed by atoms with Crippen LogP contribution in [0.4, 0.5) is 0 Å². The molecule has 1 aliphatic carbocycles. The molecule has 0 spiro atoms. The molecular weight excluding hydrogens is 284 g/mol. The molecule has 2 aromatic rings. The molecular formula is C20H26N2O. The lowest BCUT2D eigenvalue weighted by atomic mass is 10.00. The van der Waals surface area contributed by atoms with E-state index in [4.69, 9.17) is 0 Å². The van der Waals surface area contributed by atoms with Gasteiger partial charge in [0.1, 0.15) is 0 Å². The van der Waals surface area contributed by atoms with Crippen molar-refractivity contribution in [1.29, 1.82) is 0 Å². The first kappa shape index (κ1) is 16.0. The number of rotatable bonds is 6. The van der Waals surface area contributed by atoms with Gasteiger partial charge in [0.05, 0.1) is 12.6 Å². The van der Waals surface area contributed by atoms with Crippen LogP contribution in [0.25, 0.3) is 10.8 Å². The fraction of sp³-hybridized carbons (Fsp3) is 0.450. The second kappa shape index (κ2) is 6.71. The molecule has 0 heterocycles. The molecule has 0 aromatic heterocycles. The molecule has 2 unspecified atom stereocenters. The van der Waals surface area contributed by atoms with Gasteiger partial charge in [0, 0.05) is 6.04 Å². The normalized spacial score (nSPS) is 17.2. The standard InChI is InChI=1S/C20H26N2O/c1-14(18-10-6-8-17-7-4-5-9-19(17)18)21-20(23)13-22(3)15(2)16-11-12-16/h4-10,14-16H,11-13H2,1-3H3,(H,21,23). The first-order valence-electron chi connectivity index (χ1n) is 8.53. The van der Waals surface area contributed by atoms with Crippen molar-refractivity contribution in [3.8, 4) is 0 Å². The fourth-order valence-corrected chi connectivity index (χ4v) is 3.30. The van der Waals surface area contributed by atoms with Crippen LogP contribution in [-0.4, -0.2) is 30.4 Å². The average molecular weight is 310 g/mol. The maximum Gasteiger partial charge on any atom is 0.234 e. The summed E-state index contributed by atoms with van der Waals surface area (Å²) < 4.78 is 0. The number of carbonyl (C=O) groups excluding carboxylic acids is 1. The highest BCUT2D eigenvalue weighted by Gasteiger charge is 2.31. The lowest BCUT2D eigenvalue weighted by Crippen LogP contribution is -2.41. The zero-order valence-electron chi connectivity index (χ0n) is 14.3. The number of carbonyl (C=O) groups is 1. The summed E-state index contributed by atoms with van der Waals surface area (Å²) in [5.74, 6) is 0.878. The Kier molecular flexibility index (Phi) is 4.67. The minimum atomic E-state index is 0.0123. The highest BCUT2D eigenvalue weighted by molar-refractivity contribution is 5.87. The van der Waals surface area contributed by atoms with Gasteiger partial charge in [-0.25, -0.2) is 0 Å². The maximum atomic E-state index is 12.4. The van der Waals surface area contributed by atoms with E-state index in [2.05, 4.69) is 54.4 Å². The van der Waals surface area contributed by atoms with E-state index in [0.717, 1.165) is 5.92 Å². The van der Waals surface area contributed by atoms with Gasteiger partial charge in [0.15, 0.2) is 0 Å². The van der Waals surface area contributed by atoms with Crippen molar-refractivity contribution in [3.63, 3.8) is 0 Å². The van der Waals surface area contributed by atoms with E-state index in [1.54, 1.807) is 0 Å². The van der Waals surface area contributed by atoms with E-state index >= 15 is 0 Å². The predicted molar refractivity (Wildman–Crippen MR) is 95.3 cm³/mol. The summed E-state index contributed by atoms with van der Waals surface area (Å²) in [5, 5.41) is 5.58. The van der Waals surface area contributed by atoms with Gasteiger partial charge in [0.2, 0.25) is 5.91 Å². The minimum absolute atomic E-state index is 0.0123. The molecule has 1 N–H and O–H groups in total. The van der Waals surface area contributed by atoms with E-state index in [1.807, 2.05) is 19.2 Å². The number of nitrogens with one attached hydrogen (secondary N) is 1. The molecule has 0 saturated heterocycles. The molecule has 3 heteroatoms. The monoisotopic (exact) mass is 310 g/mol. The average Bonchev–Trinajstić information content (AvgIpc) is 3.38. The van der Waals surface area contributed by atoms with E-state index in [1.165, 1.54) is 29.2 Å². The zero-order chi connectivity index (χ0) is 16.4. The van der Waals surface area contributed by atoms with Crippen molar-refractivity contribution in [2.24, 2.45) is 5.92 Å². The molecule has 23 heavy (non-hydrogen) atoms. The van der Waals surface area contributed by atoms with Crippen LogP contribution in [0.5, 0.6) is 0 Å². The third kappa shape index (κ3) is 3.73. The van der Waals surface area contributed by atoms with Crippen molar-refractivity contribution in [3.05, 3.63) is 48.0 Å². The fourth-order valence-electron chi connectivity index (χ4n) is 3.30. The third-order valence-corrected chi connectivity index (χ3v) is 5.06. The molecule has 0 bridgehead atoms. The van der Waals surface area contributed by atoms with Crippen molar-refractivity contribution >= 4 is 16.7 Å². The Morgan fingerprint density at radius 3 is 2.61 bits per heavy atom. The predicted octanol–water partition coefficient (Wildman–Crippen LogP) is 3.75. The van der Waals surface area contributed by atoms with Crippen LogP contribution in [0.1, 0.15) is 38.3 Å². The van der Waals surface area contributed by atoms with Gasteiger partial charge >= 0.3 is 0 Å². The second-order valence-corrected chi connectivity index (χ2v) is 6.85. The summed E-state index contributed by atoms with van der Waals surface area (Å²) in [6.07, 6.45) is 2.61. The summed E-state index contributed by atoms with van der Waals surface area (Å²) in [6.45, 7) is 4.75. The van der Waals surface area contributed by atoms with Crippen LogP contribution in [0, 0.1) is 5.92 Å². The van der Waals surface area contributed by atoms with Crippen molar-refractivity contribution in [1.82, 2.24) is 10.2 Å². The molecule has 1 saturated carbocycles. The lowest BCUT2D eigenvalue weighted by Gasteiger charge is -2.25. The van der Waals surface area contributed by atoms with E-state index in [0.29, 0.717) is 12.6 Å². The largest absolute Gasteiger partial charge is 0.348 e. The second-order valence-electron chi connectivity index (χ2n) is 6.85. The summed E-state index contributed by atoms with van der Waals surface area (Å²) in [6, 6.07) is 15.1. The number of hydrogen-bond acceptors (Lipinski definition) is 2. The van der Waals surface area contributed by atoms with Crippen LogP contribution in [0.15, 0.2) is 42.5 Å². The van der Waals surface area contributed by atoms with Crippen LogP contribution in [-0.2, 0) is 4.79 Å². The van der Waals surface area contributed by atoms with Crippen molar-refractivity contribution < 1.29 is 4.79 Å². The quantitative estimate of drug-likeness (QED) is 0.881. The summed E-state index contributed by atoms with van der Waals surface area (Å²) in [5.41, 5.74) is 1.18. The summed E-state index contributed by atoms with van der Waals surface area (Å²) in [4.78, 5) is 14.5. The molecule has 0 radical (unpaired) electrons. The molecule has 1 amide bonds. The van der Waals surface area contributed by atoms with E-state index in [9.17, 15) is 4.79 Å². The molecule has 1 fully saturated rings. The summed E-state index contributed by atoms with van der Waals surface area (Å²) in [7, 11) is 2.05. The lowest BCUT2D eigenvalue weighted by molar-refractivity contribution is -0.123. The Labute approximate surface area is 138 Å². The Bertz CT molecular complexity index is 688. The zero-order valence-corrected chi connectivity index (χ0v) is 14.3.